The highest BCUT2D eigenvalue weighted by Crippen LogP contribution is 2.45. The van der Waals surface area contributed by atoms with E-state index in [1.807, 2.05) is 0 Å². The first-order chi connectivity index (χ1) is 46.3. The van der Waals surface area contributed by atoms with Crippen molar-refractivity contribution in [1.29, 1.82) is 0 Å². The monoisotopic (exact) mass is 1410 g/mol. The van der Waals surface area contributed by atoms with E-state index in [2.05, 4.69) is 48.5 Å². The van der Waals surface area contributed by atoms with Crippen LogP contribution in [0, 0.1) is 17.8 Å². The molecule has 3 N–H and O–H groups in total. The molecular weight excluding hydrogens is 1260 g/mol. The fourth-order valence-electron chi connectivity index (χ4n) is 11.7. The van der Waals surface area contributed by atoms with Crippen LogP contribution in [0.4, 0.5) is 0 Å². The summed E-state index contributed by atoms with van der Waals surface area (Å²) in [5, 5.41) is 10.6. The molecule has 96 heavy (non-hydrogen) atoms. The van der Waals surface area contributed by atoms with Crippen molar-refractivity contribution in [3.05, 3.63) is 0 Å². The van der Waals surface area contributed by atoms with Crippen molar-refractivity contribution in [2.45, 2.75) is 414 Å². The van der Waals surface area contributed by atoms with Gasteiger partial charge in [0.25, 0.3) is 0 Å². The molecule has 0 aromatic heterocycles. The number of carbonyl (C=O) groups excluding carboxylic acids is 4. The maximum absolute atomic E-state index is 13.1. The lowest BCUT2D eigenvalue weighted by Crippen LogP contribution is -2.30. The van der Waals surface area contributed by atoms with Crippen molar-refractivity contribution in [3.63, 3.8) is 0 Å². The Bertz CT molecular complexity index is 1870. The van der Waals surface area contributed by atoms with Crippen LogP contribution in [-0.2, 0) is 65.4 Å². The Morgan fingerprint density at radius 3 is 0.792 bits per heavy atom. The largest absolute Gasteiger partial charge is 0.472 e. The first-order valence-corrected chi connectivity index (χ1v) is 42.9. The third-order valence-electron chi connectivity index (χ3n) is 18.6. The zero-order chi connectivity index (χ0) is 70.9. The van der Waals surface area contributed by atoms with Crippen molar-refractivity contribution in [1.82, 2.24) is 0 Å². The van der Waals surface area contributed by atoms with E-state index in [0.29, 0.717) is 25.7 Å². The highest BCUT2D eigenvalue weighted by molar-refractivity contribution is 7.47. The maximum atomic E-state index is 13.1. The predicted molar refractivity (Wildman–Crippen MR) is 391 cm³/mol. The highest BCUT2D eigenvalue weighted by Gasteiger charge is 2.30. The number of aliphatic hydroxyl groups excluding tert-OH is 1. The van der Waals surface area contributed by atoms with Gasteiger partial charge in [0.15, 0.2) is 12.2 Å². The Hall–Kier alpha value is -1.94. The number of carbonyl (C=O) groups is 4. The van der Waals surface area contributed by atoms with E-state index in [0.717, 1.165) is 108 Å². The second-order valence-corrected chi connectivity index (χ2v) is 31.6. The molecule has 0 aromatic carbocycles. The minimum Gasteiger partial charge on any atom is -0.462 e. The summed E-state index contributed by atoms with van der Waals surface area (Å²) in [5.74, 6) is 0.267. The predicted octanol–water partition coefficient (Wildman–Crippen LogP) is 22.6. The van der Waals surface area contributed by atoms with Gasteiger partial charge in [0.2, 0.25) is 0 Å². The van der Waals surface area contributed by atoms with Gasteiger partial charge < -0.3 is 33.8 Å². The fourth-order valence-corrected chi connectivity index (χ4v) is 13.3. The van der Waals surface area contributed by atoms with Gasteiger partial charge in [-0.3, -0.25) is 37.3 Å². The minimum atomic E-state index is -4.96. The molecule has 7 atom stereocenters. The average Bonchev–Trinajstić information content (AvgIpc) is 2.30. The highest BCUT2D eigenvalue weighted by atomic mass is 31.2. The Morgan fingerprint density at radius 1 is 0.302 bits per heavy atom. The average molecular weight is 1410 g/mol. The van der Waals surface area contributed by atoms with Crippen molar-refractivity contribution in [2.24, 2.45) is 17.8 Å². The summed E-state index contributed by atoms with van der Waals surface area (Å²) in [6.07, 6.45) is 53.9. The van der Waals surface area contributed by atoms with Crippen LogP contribution >= 0.6 is 15.6 Å². The number of unbranched alkanes of at least 4 members (excludes halogenated alkanes) is 41. The van der Waals surface area contributed by atoms with Crippen LogP contribution in [-0.4, -0.2) is 96.7 Å². The van der Waals surface area contributed by atoms with E-state index in [-0.39, 0.29) is 25.7 Å². The third kappa shape index (κ3) is 67.9. The van der Waals surface area contributed by atoms with E-state index in [1.54, 1.807) is 0 Å². The van der Waals surface area contributed by atoms with Gasteiger partial charge in [-0.1, -0.05) is 344 Å². The molecule has 0 saturated heterocycles. The number of rotatable bonds is 75. The normalized spacial score (nSPS) is 14.6. The van der Waals surface area contributed by atoms with Gasteiger partial charge >= 0.3 is 39.5 Å². The van der Waals surface area contributed by atoms with E-state index >= 15 is 0 Å². The van der Waals surface area contributed by atoms with Crippen LogP contribution in [0.3, 0.4) is 0 Å². The SMILES string of the molecule is CCCCCCCCCCCCCCCC(=O)O[C@H](COC(=O)CCCCCCCCCCC(C)C)COP(=O)(O)OC[C@H](O)COP(=O)(O)OC[C@@H](COC(=O)CCCCCCCCCCCCC(C)CC)OC(=O)CCCCCCCCCCCCCCCCC(C)CC. The molecule has 0 aliphatic rings. The summed E-state index contributed by atoms with van der Waals surface area (Å²) < 4.78 is 68.6. The Balaban J connectivity index is 5.26. The third-order valence-corrected chi connectivity index (χ3v) is 20.5. The van der Waals surface area contributed by atoms with Gasteiger partial charge in [-0.2, -0.15) is 0 Å². The minimum absolute atomic E-state index is 0.107. The summed E-state index contributed by atoms with van der Waals surface area (Å²) >= 11 is 0. The smallest absolute Gasteiger partial charge is 0.462 e. The molecule has 4 unspecified atom stereocenters. The molecule has 19 heteroatoms. The van der Waals surface area contributed by atoms with Gasteiger partial charge in [-0.05, 0) is 43.4 Å². The van der Waals surface area contributed by atoms with E-state index in [9.17, 15) is 43.2 Å². The van der Waals surface area contributed by atoms with Crippen molar-refractivity contribution in [2.75, 3.05) is 39.6 Å². The lowest BCUT2D eigenvalue weighted by Gasteiger charge is -2.21. The Morgan fingerprint density at radius 2 is 0.531 bits per heavy atom. The summed E-state index contributed by atoms with van der Waals surface area (Å²) in [7, 11) is -9.91. The number of hydrogen-bond acceptors (Lipinski definition) is 15. The van der Waals surface area contributed by atoms with Crippen LogP contribution in [0.1, 0.15) is 395 Å². The molecule has 0 saturated carbocycles. The van der Waals surface area contributed by atoms with Gasteiger partial charge in [0, 0.05) is 25.7 Å². The van der Waals surface area contributed by atoms with Crippen LogP contribution in [0.25, 0.3) is 0 Å². The van der Waals surface area contributed by atoms with Crippen LogP contribution in [0.5, 0.6) is 0 Å². The standard InChI is InChI=1S/C77H150O17P2/c1-8-11-12-13-14-15-16-19-23-30-39-46-53-60-76(81)94-73(65-88-75(80)59-52-45-38-33-32-34-41-48-55-68(4)5)67-92-96(85,86)90-63-71(78)62-89-95(83,84)91-66-72(64-87-74(79)58-51-44-37-29-26-25-28-36-43-50-57-70(7)10-3)93-77(82)61-54-47-40-31-24-21-18-17-20-22-27-35-42-49-56-69(6)9-2/h68-73,78H,8-67H2,1-7H3,(H,83,84)(H,85,86)/t69?,70?,71-,72-,73-/m1/s1. The summed E-state index contributed by atoms with van der Waals surface area (Å²) in [6, 6.07) is 0. The zero-order valence-electron chi connectivity index (χ0n) is 62.8. The number of hydrogen-bond donors (Lipinski definition) is 3. The molecule has 0 fully saturated rings. The van der Waals surface area contributed by atoms with Crippen molar-refractivity contribution in [3.8, 4) is 0 Å². The first-order valence-electron chi connectivity index (χ1n) is 39.9. The summed E-state index contributed by atoms with van der Waals surface area (Å²) in [4.78, 5) is 72.9. The van der Waals surface area contributed by atoms with Crippen molar-refractivity contribution < 1.29 is 80.2 Å². The van der Waals surface area contributed by atoms with Crippen LogP contribution < -0.4 is 0 Å². The van der Waals surface area contributed by atoms with Crippen molar-refractivity contribution >= 4 is 39.5 Å². The van der Waals surface area contributed by atoms with E-state index in [1.165, 1.54) is 205 Å². The number of esters is 4. The molecule has 0 rings (SSSR count). The fraction of sp³-hybridized carbons (Fsp3) is 0.948. The van der Waals surface area contributed by atoms with Gasteiger partial charge in [-0.15, -0.1) is 0 Å². The quantitative estimate of drug-likeness (QED) is 0.0222. The lowest BCUT2D eigenvalue weighted by atomic mass is 9.99. The Labute approximate surface area is 588 Å². The molecule has 17 nitrogen and oxygen atoms in total. The molecular formula is C77H150O17P2. The maximum Gasteiger partial charge on any atom is 0.472 e. The topological polar surface area (TPSA) is 237 Å². The number of aliphatic hydroxyl groups is 1. The number of phosphoric acid groups is 2. The van der Waals surface area contributed by atoms with Gasteiger partial charge in [0.05, 0.1) is 26.4 Å². The molecule has 0 bridgehead atoms. The first kappa shape index (κ1) is 94.1. The number of ether oxygens (including phenoxy) is 4. The van der Waals surface area contributed by atoms with Gasteiger partial charge in [0.1, 0.15) is 19.3 Å². The molecule has 0 heterocycles. The zero-order valence-corrected chi connectivity index (χ0v) is 64.6. The van der Waals surface area contributed by atoms with E-state index < -0.39 is 97.5 Å². The molecule has 570 valence electrons. The second kappa shape index (κ2) is 67.5. The number of phosphoric ester groups is 2. The molecule has 0 amide bonds. The van der Waals surface area contributed by atoms with Crippen LogP contribution in [0.15, 0.2) is 0 Å². The van der Waals surface area contributed by atoms with Crippen LogP contribution in [0.2, 0.25) is 0 Å². The lowest BCUT2D eigenvalue weighted by molar-refractivity contribution is -0.161. The molecule has 0 aromatic rings. The molecule has 0 spiro atoms. The summed E-state index contributed by atoms with van der Waals surface area (Å²) in [5.41, 5.74) is 0. The van der Waals surface area contributed by atoms with E-state index in [4.69, 9.17) is 37.0 Å². The molecule has 0 aliphatic heterocycles. The van der Waals surface area contributed by atoms with Gasteiger partial charge in [-0.25, -0.2) is 9.13 Å². The second-order valence-electron chi connectivity index (χ2n) is 28.7. The molecule has 0 radical (unpaired) electrons. The Kier molecular flexibility index (Phi) is 66.2. The summed E-state index contributed by atoms with van der Waals surface area (Å²) in [6.45, 7) is 12.0. The molecule has 0 aliphatic carbocycles.